The Morgan fingerprint density at radius 1 is 1.24 bits per heavy atom. The molecule has 0 radical (unpaired) electrons. The standard InChI is InChI=1S/C16H23ClN4/c1-12(2)18-10-13(9-16-19-11-20-21(16)3)8-14-6-4-5-7-15(14)17/h4-7,11-13,18H,8-10H2,1-3H3. The van der Waals surface area contributed by atoms with E-state index in [1.807, 2.05) is 29.9 Å². The maximum Gasteiger partial charge on any atom is 0.138 e. The van der Waals surface area contributed by atoms with Gasteiger partial charge in [-0.15, -0.1) is 0 Å². The summed E-state index contributed by atoms with van der Waals surface area (Å²) in [5, 5.41) is 8.50. The molecule has 0 aliphatic carbocycles. The monoisotopic (exact) mass is 306 g/mol. The van der Waals surface area contributed by atoms with Gasteiger partial charge in [-0.25, -0.2) is 4.98 Å². The Kier molecular flexibility index (Phi) is 5.76. The Hall–Kier alpha value is -1.39. The third-order valence-corrected chi connectivity index (χ3v) is 3.93. The molecular weight excluding hydrogens is 284 g/mol. The zero-order valence-corrected chi connectivity index (χ0v) is 13.6. The molecule has 1 heterocycles. The average Bonchev–Trinajstić information content (AvgIpc) is 2.84. The predicted molar refractivity (Wildman–Crippen MR) is 86.5 cm³/mol. The summed E-state index contributed by atoms with van der Waals surface area (Å²) < 4.78 is 1.84. The van der Waals surface area contributed by atoms with Crippen molar-refractivity contribution in [3.05, 3.63) is 47.0 Å². The number of nitrogens with zero attached hydrogens (tertiary/aromatic N) is 3. The molecule has 1 aromatic carbocycles. The second kappa shape index (κ2) is 7.57. The van der Waals surface area contributed by atoms with Crippen molar-refractivity contribution in [2.24, 2.45) is 13.0 Å². The molecule has 0 amide bonds. The first-order valence-corrected chi connectivity index (χ1v) is 7.73. The van der Waals surface area contributed by atoms with Crippen molar-refractivity contribution in [2.75, 3.05) is 6.54 Å². The number of hydrogen-bond acceptors (Lipinski definition) is 3. The zero-order valence-electron chi connectivity index (χ0n) is 12.9. The van der Waals surface area contributed by atoms with Crippen LogP contribution in [0.1, 0.15) is 25.2 Å². The minimum absolute atomic E-state index is 0.440. The summed E-state index contributed by atoms with van der Waals surface area (Å²) in [6.45, 7) is 5.26. The average molecular weight is 307 g/mol. The largest absolute Gasteiger partial charge is 0.314 e. The highest BCUT2D eigenvalue weighted by molar-refractivity contribution is 6.31. The van der Waals surface area contributed by atoms with Crippen LogP contribution < -0.4 is 5.32 Å². The normalized spacial score (nSPS) is 12.8. The smallest absolute Gasteiger partial charge is 0.138 e. The summed E-state index contributed by atoms with van der Waals surface area (Å²) >= 11 is 6.29. The number of nitrogens with one attached hydrogen (secondary N) is 1. The van der Waals surface area contributed by atoms with Gasteiger partial charge in [-0.2, -0.15) is 5.10 Å². The first-order chi connectivity index (χ1) is 10.1. The van der Waals surface area contributed by atoms with E-state index in [4.69, 9.17) is 11.6 Å². The maximum absolute atomic E-state index is 6.29. The van der Waals surface area contributed by atoms with Crippen molar-refractivity contribution in [1.29, 1.82) is 0 Å². The van der Waals surface area contributed by atoms with Gasteiger partial charge < -0.3 is 5.32 Å². The fourth-order valence-electron chi connectivity index (χ4n) is 2.36. The highest BCUT2D eigenvalue weighted by Crippen LogP contribution is 2.20. The fourth-order valence-corrected chi connectivity index (χ4v) is 2.57. The van der Waals surface area contributed by atoms with E-state index in [0.717, 1.165) is 30.2 Å². The van der Waals surface area contributed by atoms with E-state index < -0.39 is 0 Å². The van der Waals surface area contributed by atoms with Crippen LogP contribution in [0.4, 0.5) is 0 Å². The number of aromatic nitrogens is 3. The van der Waals surface area contributed by atoms with Crippen LogP contribution in [0.15, 0.2) is 30.6 Å². The molecule has 114 valence electrons. The number of rotatable bonds is 7. The van der Waals surface area contributed by atoms with Gasteiger partial charge in [0.15, 0.2) is 0 Å². The van der Waals surface area contributed by atoms with E-state index in [1.54, 1.807) is 6.33 Å². The van der Waals surface area contributed by atoms with Gasteiger partial charge in [0.1, 0.15) is 12.2 Å². The molecule has 5 heteroatoms. The van der Waals surface area contributed by atoms with Crippen molar-refractivity contribution >= 4 is 11.6 Å². The predicted octanol–water partition coefficient (Wildman–Crippen LogP) is 2.87. The van der Waals surface area contributed by atoms with Crippen LogP contribution in [0.3, 0.4) is 0 Å². The van der Waals surface area contributed by atoms with Crippen LogP contribution in [0.5, 0.6) is 0 Å². The molecule has 1 unspecified atom stereocenters. The van der Waals surface area contributed by atoms with E-state index in [9.17, 15) is 0 Å². The first kappa shape index (κ1) is 16.0. The molecule has 0 saturated heterocycles. The van der Waals surface area contributed by atoms with Gasteiger partial charge in [-0.1, -0.05) is 43.6 Å². The molecule has 1 N–H and O–H groups in total. The van der Waals surface area contributed by atoms with Crippen molar-refractivity contribution in [1.82, 2.24) is 20.1 Å². The minimum atomic E-state index is 0.440. The molecule has 4 nitrogen and oxygen atoms in total. The lowest BCUT2D eigenvalue weighted by Crippen LogP contribution is -2.31. The Balaban J connectivity index is 2.08. The molecule has 0 fully saturated rings. The highest BCUT2D eigenvalue weighted by atomic mass is 35.5. The summed E-state index contributed by atoms with van der Waals surface area (Å²) in [7, 11) is 1.94. The lowest BCUT2D eigenvalue weighted by atomic mass is 9.95. The Morgan fingerprint density at radius 3 is 2.62 bits per heavy atom. The van der Waals surface area contributed by atoms with Crippen molar-refractivity contribution in [2.45, 2.75) is 32.7 Å². The third-order valence-electron chi connectivity index (χ3n) is 3.56. The summed E-state index contributed by atoms with van der Waals surface area (Å²) in [6, 6.07) is 8.53. The van der Waals surface area contributed by atoms with E-state index in [1.165, 1.54) is 5.56 Å². The zero-order chi connectivity index (χ0) is 15.2. The lowest BCUT2D eigenvalue weighted by molar-refractivity contribution is 0.431. The van der Waals surface area contributed by atoms with Gasteiger partial charge in [-0.05, 0) is 30.5 Å². The fraction of sp³-hybridized carbons (Fsp3) is 0.500. The molecule has 0 bridgehead atoms. The van der Waals surface area contributed by atoms with Gasteiger partial charge in [0.05, 0.1) is 0 Å². The van der Waals surface area contributed by atoms with E-state index in [0.29, 0.717) is 12.0 Å². The molecular formula is C16H23ClN4. The van der Waals surface area contributed by atoms with Gasteiger partial charge in [-0.3, -0.25) is 4.68 Å². The molecule has 0 saturated carbocycles. The van der Waals surface area contributed by atoms with Crippen LogP contribution in [0.25, 0.3) is 0 Å². The summed E-state index contributed by atoms with van der Waals surface area (Å²) in [6.07, 6.45) is 3.44. The number of aryl methyl sites for hydroxylation is 1. The molecule has 2 aromatic rings. The van der Waals surface area contributed by atoms with Gasteiger partial charge in [0, 0.05) is 24.5 Å². The van der Waals surface area contributed by atoms with Crippen LogP contribution in [0.2, 0.25) is 5.02 Å². The van der Waals surface area contributed by atoms with E-state index in [-0.39, 0.29) is 0 Å². The second-order valence-electron chi connectivity index (χ2n) is 5.73. The van der Waals surface area contributed by atoms with Gasteiger partial charge in [0.2, 0.25) is 0 Å². The topological polar surface area (TPSA) is 42.7 Å². The van der Waals surface area contributed by atoms with E-state index >= 15 is 0 Å². The van der Waals surface area contributed by atoms with Crippen molar-refractivity contribution in [3.63, 3.8) is 0 Å². The lowest BCUT2D eigenvalue weighted by Gasteiger charge is -2.19. The van der Waals surface area contributed by atoms with Crippen molar-refractivity contribution < 1.29 is 0 Å². The number of halogens is 1. The Morgan fingerprint density at radius 2 is 2.00 bits per heavy atom. The SMILES string of the molecule is CC(C)NCC(Cc1ccccc1Cl)Cc1ncnn1C. The highest BCUT2D eigenvalue weighted by Gasteiger charge is 2.15. The summed E-state index contributed by atoms with van der Waals surface area (Å²) in [4.78, 5) is 4.34. The maximum atomic E-state index is 6.29. The number of benzene rings is 1. The number of hydrogen-bond donors (Lipinski definition) is 1. The van der Waals surface area contributed by atoms with Crippen LogP contribution in [-0.4, -0.2) is 27.4 Å². The van der Waals surface area contributed by atoms with Crippen molar-refractivity contribution in [3.8, 4) is 0 Å². The Bertz CT molecular complexity index is 565. The van der Waals surface area contributed by atoms with Gasteiger partial charge in [0.25, 0.3) is 0 Å². The summed E-state index contributed by atoms with van der Waals surface area (Å²) in [5.41, 5.74) is 1.19. The quantitative estimate of drug-likeness (QED) is 0.855. The molecule has 1 aromatic heterocycles. The van der Waals surface area contributed by atoms with Crippen LogP contribution >= 0.6 is 11.6 Å². The minimum Gasteiger partial charge on any atom is -0.314 e. The van der Waals surface area contributed by atoms with Crippen LogP contribution in [0, 0.1) is 5.92 Å². The third kappa shape index (κ3) is 4.83. The molecule has 1 atom stereocenters. The molecule has 0 aliphatic heterocycles. The van der Waals surface area contributed by atoms with Crippen LogP contribution in [-0.2, 0) is 19.9 Å². The van der Waals surface area contributed by atoms with E-state index in [2.05, 4.69) is 35.3 Å². The molecule has 2 rings (SSSR count). The van der Waals surface area contributed by atoms with Gasteiger partial charge >= 0.3 is 0 Å². The summed E-state index contributed by atoms with van der Waals surface area (Å²) in [5.74, 6) is 1.45. The first-order valence-electron chi connectivity index (χ1n) is 7.36. The molecule has 0 aliphatic rings. The molecule has 0 spiro atoms. The Labute approximate surface area is 131 Å². The second-order valence-corrected chi connectivity index (χ2v) is 6.14. The molecule has 21 heavy (non-hydrogen) atoms.